The molecule has 50 valence electrons. The van der Waals surface area contributed by atoms with Crippen molar-refractivity contribution in [2.45, 2.75) is 6.42 Å². The monoisotopic (exact) mass is 132 g/mol. The number of H-pyrrole nitrogens is 1. The van der Waals surface area contributed by atoms with Gasteiger partial charge in [-0.2, -0.15) is 0 Å². The molecular formula is C8H8N2. The van der Waals surface area contributed by atoms with Crippen molar-refractivity contribution in [3.8, 4) is 0 Å². The molecule has 0 aliphatic carbocycles. The van der Waals surface area contributed by atoms with E-state index in [9.17, 15) is 0 Å². The maximum atomic E-state index is 4.07. The van der Waals surface area contributed by atoms with E-state index in [0.29, 0.717) is 0 Å². The van der Waals surface area contributed by atoms with E-state index < -0.39 is 0 Å². The van der Waals surface area contributed by atoms with Crippen LogP contribution in [0.15, 0.2) is 17.3 Å². The van der Waals surface area contributed by atoms with Crippen LogP contribution in [0.4, 0.5) is 0 Å². The highest BCUT2D eigenvalue weighted by molar-refractivity contribution is 5.68. The predicted octanol–water partition coefficient (Wildman–Crippen LogP) is 0.00770. The van der Waals surface area contributed by atoms with Crippen LogP contribution in [0, 0.1) is 0 Å². The largest absolute Gasteiger partial charge is 0.360 e. The fourth-order valence-corrected chi connectivity index (χ4v) is 1.05. The highest BCUT2D eigenvalue weighted by Crippen LogP contribution is 1.80. The van der Waals surface area contributed by atoms with Gasteiger partial charge in [-0.05, 0) is 11.3 Å². The Bertz CT molecular complexity index is 357. The molecule has 1 aliphatic rings. The Balaban J connectivity index is 2.82. The van der Waals surface area contributed by atoms with E-state index in [1.54, 1.807) is 0 Å². The predicted molar refractivity (Wildman–Crippen MR) is 42.1 cm³/mol. The summed E-state index contributed by atoms with van der Waals surface area (Å²) in [4.78, 5) is 7.17. The van der Waals surface area contributed by atoms with Gasteiger partial charge in [0.1, 0.15) is 0 Å². The van der Waals surface area contributed by atoms with Crippen molar-refractivity contribution in [2.75, 3.05) is 0 Å². The Hall–Kier alpha value is -1.31. The zero-order valence-electron chi connectivity index (χ0n) is 5.54. The Kier molecular flexibility index (Phi) is 1.17. The zero-order valence-corrected chi connectivity index (χ0v) is 5.54. The summed E-state index contributed by atoms with van der Waals surface area (Å²) in [5, 5.41) is 2.35. The topological polar surface area (TPSA) is 28.1 Å². The first-order chi connectivity index (χ1) is 4.97. The van der Waals surface area contributed by atoms with Gasteiger partial charge < -0.3 is 4.98 Å². The van der Waals surface area contributed by atoms with Gasteiger partial charge in [-0.25, -0.2) is 0 Å². The Morgan fingerprint density at radius 2 is 2.50 bits per heavy atom. The van der Waals surface area contributed by atoms with Crippen molar-refractivity contribution >= 4 is 18.5 Å². The minimum absolute atomic E-state index is 0.932. The molecule has 1 N–H and O–H groups in total. The molecule has 0 spiro atoms. The number of aliphatic imine (C=N–C) groups is 1. The number of aromatic nitrogens is 1. The third kappa shape index (κ3) is 0.778. The van der Waals surface area contributed by atoms with Crippen molar-refractivity contribution in [1.82, 2.24) is 4.98 Å². The molecule has 1 aromatic heterocycles. The third-order valence-electron chi connectivity index (χ3n) is 1.56. The van der Waals surface area contributed by atoms with Gasteiger partial charge in [-0.15, -0.1) is 0 Å². The van der Waals surface area contributed by atoms with E-state index >= 15 is 0 Å². The maximum Gasteiger partial charge on any atom is 0.0636 e. The van der Waals surface area contributed by atoms with E-state index in [1.165, 1.54) is 5.22 Å². The fourth-order valence-electron chi connectivity index (χ4n) is 1.05. The lowest BCUT2D eigenvalue weighted by molar-refractivity contribution is 1.31. The van der Waals surface area contributed by atoms with E-state index in [1.807, 2.05) is 18.6 Å². The summed E-state index contributed by atoms with van der Waals surface area (Å²) in [5.41, 5.74) is 0. The molecule has 10 heavy (non-hydrogen) atoms. The zero-order chi connectivity index (χ0) is 6.81. The number of rotatable bonds is 0. The molecule has 0 aromatic carbocycles. The SMILES string of the molecule is C1=NC=c2[nH]ccc2=CC1. The van der Waals surface area contributed by atoms with Gasteiger partial charge in [-0.3, -0.25) is 4.99 Å². The summed E-state index contributed by atoms with van der Waals surface area (Å²) in [6, 6.07) is 2.06. The smallest absolute Gasteiger partial charge is 0.0636 e. The highest BCUT2D eigenvalue weighted by atomic mass is 14.7. The second-order valence-corrected chi connectivity index (χ2v) is 2.25. The highest BCUT2D eigenvalue weighted by Gasteiger charge is 1.86. The Morgan fingerprint density at radius 1 is 1.50 bits per heavy atom. The minimum Gasteiger partial charge on any atom is -0.360 e. The molecule has 2 heteroatoms. The first-order valence-corrected chi connectivity index (χ1v) is 3.32. The number of aromatic amines is 1. The van der Waals surface area contributed by atoms with Gasteiger partial charge in [0, 0.05) is 18.8 Å². The van der Waals surface area contributed by atoms with Crippen LogP contribution in [-0.4, -0.2) is 11.2 Å². The Morgan fingerprint density at radius 3 is 3.50 bits per heavy atom. The van der Waals surface area contributed by atoms with Crippen molar-refractivity contribution in [2.24, 2.45) is 4.99 Å². The molecule has 0 unspecified atom stereocenters. The first-order valence-electron chi connectivity index (χ1n) is 3.32. The van der Waals surface area contributed by atoms with Crippen LogP contribution >= 0.6 is 0 Å². The van der Waals surface area contributed by atoms with E-state index in [-0.39, 0.29) is 0 Å². The molecule has 0 radical (unpaired) electrons. The van der Waals surface area contributed by atoms with Crippen molar-refractivity contribution in [3.05, 3.63) is 22.8 Å². The number of hydrogen-bond donors (Lipinski definition) is 1. The van der Waals surface area contributed by atoms with Gasteiger partial charge in [0.25, 0.3) is 0 Å². The molecule has 2 nitrogen and oxygen atoms in total. The average Bonchev–Trinajstić information content (AvgIpc) is 2.28. The van der Waals surface area contributed by atoms with E-state index in [2.05, 4.69) is 22.1 Å². The summed E-state index contributed by atoms with van der Waals surface area (Å²) in [6.07, 6.45) is 8.76. The Labute approximate surface area is 58.6 Å². The quantitative estimate of drug-likeness (QED) is 0.515. The average molecular weight is 132 g/mol. The molecule has 2 rings (SSSR count). The van der Waals surface area contributed by atoms with Crippen molar-refractivity contribution < 1.29 is 0 Å². The van der Waals surface area contributed by atoms with Crippen LogP contribution in [0.1, 0.15) is 6.42 Å². The van der Waals surface area contributed by atoms with Gasteiger partial charge in [-0.1, -0.05) is 6.08 Å². The maximum absolute atomic E-state index is 4.07. The van der Waals surface area contributed by atoms with Crippen LogP contribution in [0.3, 0.4) is 0 Å². The molecule has 1 aromatic rings. The molecule has 0 saturated heterocycles. The standard InChI is InChI=1S/C8H8N2/c1-2-7-3-5-10-8(7)6-9-4-1/h2-6,10H,1H2. The van der Waals surface area contributed by atoms with E-state index in [0.717, 1.165) is 11.8 Å². The fraction of sp³-hybridized carbons (Fsp3) is 0.125. The van der Waals surface area contributed by atoms with Crippen molar-refractivity contribution in [3.63, 3.8) is 0 Å². The first kappa shape index (κ1) is 5.47. The molecule has 0 fully saturated rings. The number of hydrogen-bond acceptors (Lipinski definition) is 1. The summed E-state index contributed by atoms with van der Waals surface area (Å²) in [6.45, 7) is 0. The molecule has 0 atom stereocenters. The van der Waals surface area contributed by atoms with Crippen LogP contribution in [-0.2, 0) is 0 Å². The van der Waals surface area contributed by atoms with Crippen LogP contribution in [0.2, 0.25) is 0 Å². The summed E-state index contributed by atoms with van der Waals surface area (Å²) < 4.78 is 0. The number of nitrogens with one attached hydrogen (secondary N) is 1. The van der Waals surface area contributed by atoms with Gasteiger partial charge >= 0.3 is 0 Å². The third-order valence-corrected chi connectivity index (χ3v) is 1.56. The molecule has 2 heterocycles. The van der Waals surface area contributed by atoms with Crippen LogP contribution in [0.5, 0.6) is 0 Å². The lowest BCUT2D eigenvalue weighted by atomic mass is 10.3. The summed E-state index contributed by atoms with van der Waals surface area (Å²) >= 11 is 0. The lowest BCUT2D eigenvalue weighted by Crippen LogP contribution is -2.20. The second-order valence-electron chi connectivity index (χ2n) is 2.25. The van der Waals surface area contributed by atoms with Gasteiger partial charge in [0.2, 0.25) is 0 Å². The summed E-state index contributed by atoms with van der Waals surface area (Å²) in [5.74, 6) is 0. The molecule has 0 amide bonds. The number of fused-ring (bicyclic) bond motifs is 1. The molecule has 1 aliphatic heterocycles. The molecule has 0 saturated carbocycles. The summed E-state index contributed by atoms with van der Waals surface area (Å²) in [7, 11) is 0. The lowest BCUT2D eigenvalue weighted by Gasteiger charge is -1.71. The minimum atomic E-state index is 0.932. The molecular weight excluding hydrogens is 124 g/mol. The second kappa shape index (κ2) is 2.14. The van der Waals surface area contributed by atoms with Gasteiger partial charge in [0.05, 0.1) is 11.5 Å². The van der Waals surface area contributed by atoms with Crippen LogP contribution in [0.25, 0.3) is 12.3 Å². The normalized spacial score (nSPS) is 14.8. The molecule has 0 bridgehead atoms. The van der Waals surface area contributed by atoms with Gasteiger partial charge in [0.15, 0.2) is 0 Å². The van der Waals surface area contributed by atoms with Crippen molar-refractivity contribution in [1.29, 1.82) is 0 Å². The van der Waals surface area contributed by atoms with E-state index in [4.69, 9.17) is 0 Å². The number of nitrogens with zero attached hydrogens (tertiary/aromatic N) is 1. The van der Waals surface area contributed by atoms with Crippen LogP contribution < -0.4 is 10.6 Å².